The minimum absolute atomic E-state index is 0.330. The van der Waals surface area contributed by atoms with E-state index in [-0.39, 0.29) is 0 Å². The van der Waals surface area contributed by atoms with Gasteiger partial charge in [-0.2, -0.15) is 0 Å². The van der Waals surface area contributed by atoms with Crippen LogP contribution in [-0.2, 0) is 4.74 Å². The van der Waals surface area contributed by atoms with Crippen molar-refractivity contribution in [3.8, 4) is 0 Å². The summed E-state index contributed by atoms with van der Waals surface area (Å²) >= 11 is 3.34. The maximum atomic E-state index is 11.6. The van der Waals surface area contributed by atoms with Gasteiger partial charge >= 0.3 is 5.97 Å². The van der Waals surface area contributed by atoms with Crippen molar-refractivity contribution in [3.63, 3.8) is 0 Å². The van der Waals surface area contributed by atoms with Gasteiger partial charge < -0.3 is 10.5 Å². The molecule has 2 aromatic heterocycles. The SMILES string of the molecule is CCOC(=O)c1cnc2c(N)ncc(Br)c2c1. The molecule has 6 heteroatoms. The van der Waals surface area contributed by atoms with Crippen LogP contribution in [0.2, 0.25) is 0 Å². The van der Waals surface area contributed by atoms with Gasteiger partial charge in [0.15, 0.2) is 0 Å². The van der Waals surface area contributed by atoms with Crippen LogP contribution in [0.25, 0.3) is 10.9 Å². The number of esters is 1. The quantitative estimate of drug-likeness (QED) is 0.859. The van der Waals surface area contributed by atoms with Crippen molar-refractivity contribution < 1.29 is 9.53 Å². The maximum absolute atomic E-state index is 11.6. The number of carbonyl (C=O) groups excluding carboxylic acids is 1. The summed E-state index contributed by atoms with van der Waals surface area (Å²) in [5.41, 5.74) is 6.66. The number of hydrogen-bond acceptors (Lipinski definition) is 5. The Kier molecular flexibility index (Phi) is 3.23. The lowest BCUT2D eigenvalue weighted by Crippen LogP contribution is -2.05. The molecule has 0 unspecified atom stereocenters. The fraction of sp³-hybridized carbons (Fsp3) is 0.182. The molecule has 88 valence electrons. The van der Waals surface area contributed by atoms with Crippen LogP contribution in [0.5, 0.6) is 0 Å². The highest BCUT2D eigenvalue weighted by atomic mass is 79.9. The number of nitrogen functional groups attached to an aromatic ring is 1. The highest BCUT2D eigenvalue weighted by Gasteiger charge is 2.11. The molecule has 0 bridgehead atoms. The summed E-state index contributed by atoms with van der Waals surface area (Å²) in [7, 11) is 0. The Labute approximate surface area is 106 Å². The highest BCUT2D eigenvalue weighted by molar-refractivity contribution is 9.10. The molecule has 0 saturated heterocycles. The molecule has 0 fully saturated rings. The standard InChI is InChI=1S/C11H10BrN3O2/c1-2-17-11(16)6-3-7-8(12)5-15-10(13)9(7)14-4-6/h3-5H,2H2,1H3,(H2,13,15). The van der Waals surface area contributed by atoms with Gasteiger partial charge in [0.1, 0.15) is 11.3 Å². The molecule has 0 aliphatic heterocycles. The molecule has 2 N–H and O–H groups in total. The van der Waals surface area contributed by atoms with Crippen LogP contribution in [0.3, 0.4) is 0 Å². The average molecular weight is 296 g/mol. The summed E-state index contributed by atoms with van der Waals surface area (Å²) in [6.45, 7) is 2.08. The largest absolute Gasteiger partial charge is 0.462 e. The van der Waals surface area contributed by atoms with Crippen LogP contribution in [-0.4, -0.2) is 22.5 Å². The molecule has 0 saturated carbocycles. The molecule has 0 aromatic carbocycles. The molecule has 2 heterocycles. The lowest BCUT2D eigenvalue weighted by Gasteiger charge is -2.05. The molecule has 0 spiro atoms. The Morgan fingerprint density at radius 3 is 2.94 bits per heavy atom. The molecule has 0 atom stereocenters. The van der Waals surface area contributed by atoms with Gasteiger partial charge in [-0.15, -0.1) is 0 Å². The zero-order valence-electron chi connectivity index (χ0n) is 9.11. The van der Waals surface area contributed by atoms with Crippen molar-refractivity contribution in [1.29, 1.82) is 0 Å². The van der Waals surface area contributed by atoms with E-state index in [4.69, 9.17) is 10.5 Å². The summed E-state index contributed by atoms with van der Waals surface area (Å²) < 4.78 is 5.64. The Bertz CT molecular complexity index is 586. The van der Waals surface area contributed by atoms with E-state index in [1.807, 2.05) is 0 Å². The van der Waals surface area contributed by atoms with Gasteiger partial charge in [0.05, 0.1) is 12.2 Å². The van der Waals surface area contributed by atoms with Crippen LogP contribution in [0.15, 0.2) is 22.9 Å². The van der Waals surface area contributed by atoms with Gasteiger partial charge in [-0.25, -0.2) is 9.78 Å². The second-order valence-corrected chi connectivity index (χ2v) is 4.19. The third-order valence-electron chi connectivity index (χ3n) is 2.22. The zero-order valence-corrected chi connectivity index (χ0v) is 10.7. The number of nitrogens with two attached hydrogens (primary N) is 1. The van der Waals surface area contributed by atoms with Crippen molar-refractivity contribution in [2.75, 3.05) is 12.3 Å². The predicted molar refractivity (Wildman–Crippen MR) is 67.6 cm³/mol. The van der Waals surface area contributed by atoms with Crippen LogP contribution in [0.4, 0.5) is 5.82 Å². The number of pyridine rings is 2. The summed E-state index contributed by atoms with van der Waals surface area (Å²) in [4.78, 5) is 19.7. The highest BCUT2D eigenvalue weighted by Crippen LogP contribution is 2.25. The first kappa shape index (κ1) is 11.8. The normalized spacial score (nSPS) is 10.5. The topological polar surface area (TPSA) is 78.1 Å². The number of hydrogen-bond donors (Lipinski definition) is 1. The minimum Gasteiger partial charge on any atom is -0.462 e. The number of halogens is 1. The van der Waals surface area contributed by atoms with Crippen molar-refractivity contribution >= 4 is 38.6 Å². The number of ether oxygens (including phenoxy) is 1. The summed E-state index contributed by atoms with van der Waals surface area (Å²) in [6.07, 6.45) is 3.01. The molecular formula is C11H10BrN3O2. The first-order valence-corrected chi connectivity index (χ1v) is 5.79. The van der Waals surface area contributed by atoms with Crippen LogP contribution >= 0.6 is 15.9 Å². The molecule has 0 aliphatic rings. The predicted octanol–water partition coefficient (Wildman–Crippen LogP) is 2.15. The summed E-state index contributed by atoms with van der Waals surface area (Å²) in [6, 6.07) is 1.68. The van der Waals surface area contributed by atoms with Gasteiger partial charge in [-0.05, 0) is 28.9 Å². The van der Waals surface area contributed by atoms with Crippen molar-refractivity contribution in [2.24, 2.45) is 0 Å². The molecular weight excluding hydrogens is 286 g/mol. The average Bonchev–Trinajstić information content (AvgIpc) is 2.34. The first-order valence-electron chi connectivity index (χ1n) is 5.00. The van der Waals surface area contributed by atoms with Crippen LogP contribution < -0.4 is 5.73 Å². The monoisotopic (exact) mass is 295 g/mol. The van der Waals surface area contributed by atoms with Crippen LogP contribution in [0, 0.1) is 0 Å². The molecule has 0 amide bonds. The fourth-order valence-corrected chi connectivity index (χ4v) is 1.84. The minimum atomic E-state index is -0.399. The second kappa shape index (κ2) is 4.67. The Morgan fingerprint density at radius 2 is 2.24 bits per heavy atom. The molecule has 17 heavy (non-hydrogen) atoms. The van der Waals surface area contributed by atoms with Crippen LogP contribution in [0.1, 0.15) is 17.3 Å². The molecule has 0 aliphatic carbocycles. The molecule has 0 radical (unpaired) electrons. The lowest BCUT2D eigenvalue weighted by molar-refractivity contribution is 0.0526. The van der Waals surface area contributed by atoms with Gasteiger partial charge in [0.2, 0.25) is 0 Å². The van der Waals surface area contributed by atoms with E-state index in [0.717, 1.165) is 9.86 Å². The summed E-state index contributed by atoms with van der Waals surface area (Å²) in [5.74, 6) is -0.0669. The fourth-order valence-electron chi connectivity index (χ4n) is 1.43. The van der Waals surface area contributed by atoms with Crippen molar-refractivity contribution in [2.45, 2.75) is 6.92 Å². The maximum Gasteiger partial charge on any atom is 0.339 e. The molecule has 2 aromatic rings. The lowest BCUT2D eigenvalue weighted by atomic mass is 10.2. The van der Waals surface area contributed by atoms with Gasteiger partial charge in [0, 0.05) is 22.3 Å². The van der Waals surface area contributed by atoms with Gasteiger partial charge in [-0.3, -0.25) is 4.98 Å². The van der Waals surface area contributed by atoms with E-state index < -0.39 is 5.97 Å². The second-order valence-electron chi connectivity index (χ2n) is 3.33. The van der Waals surface area contributed by atoms with Crippen molar-refractivity contribution in [3.05, 3.63) is 28.5 Å². The Balaban J connectivity index is 2.57. The number of anilines is 1. The van der Waals surface area contributed by atoms with E-state index in [0.29, 0.717) is 23.5 Å². The zero-order chi connectivity index (χ0) is 12.4. The number of fused-ring (bicyclic) bond motifs is 1. The van der Waals surface area contributed by atoms with E-state index in [2.05, 4.69) is 25.9 Å². The number of aromatic nitrogens is 2. The summed E-state index contributed by atoms with van der Waals surface area (Å²) in [5, 5.41) is 0.739. The smallest absolute Gasteiger partial charge is 0.339 e. The molecule has 2 rings (SSSR count). The first-order chi connectivity index (χ1) is 8.13. The van der Waals surface area contributed by atoms with E-state index in [1.54, 1.807) is 19.2 Å². The van der Waals surface area contributed by atoms with Gasteiger partial charge in [-0.1, -0.05) is 0 Å². The van der Waals surface area contributed by atoms with Crippen molar-refractivity contribution in [1.82, 2.24) is 9.97 Å². The third-order valence-corrected chi connectivity index (χ3v) is 2.85. The van der Waals surface area contributed by atoms with E-state index >= 15 is 0 Å². The van der Waals surface area contributed by atoms with E-state index in [1.165, 1.54) is 6.20 Å². The van der Waals surface area contributed by atoms with Gasteiger partial charge in [0.25, 0.3) is 0 Å². The number of carbonyl (C=O) groups is 1. The Morgan fingerprint density at radius 1 is 1.47 bits per heavy atom. The van der Waals surface area contributed by atoms with E-state index in [9.17, 15) is 4.79 Å². The number of rotatable bonds is 2. The molecule has 5 nitrogen and oxygen atoms in total. The Hall–Kier alpha value is -1.69. The third kappa shape index (κ3) is 2.21. The number of nitrogens with zero attached hydrogens (tertiary/aromatic N) is 2.